The SMILES string of the molecule is CC(C)CNCCC(C)(O)c1ccc(OC(C)C)cc1. The molecule has 1 aromatic carbocycles. The second-order valence-corrected chi connectivity index (χ2v) is 6.31. The van der Waals surface area contributed by atoms with Crippen molar-refractivity contribution >= 4 is 0 Å². The Hall–Kier alpha value is -1.06. The summed E-state index contributed by atoms with van der Waals surface area (Å²) in [6.45, 7) is 12.0. The van der Waals surface area contributed by atoms with Crippen LogP contribution in [0.3, 0.4) is 0 Å². The van der Waals surface area contributed by atoms with Gasteiger partial charge in [0.15, 0.2) is 0 Å². The zero-order chi connectivity index (χ0) is 15.2. The van der Waals surface area contributed by atoms with Gasteiger partial charge in [-0.1, -0.05) is 26.0 Å². The third-order valence-electron chi connectivity index (χ3n) is 3.19. The fourth-order valence-corrected chi connectivity index (χ4v) is 2.03. The van der Waals surface area contributed by atoms with Crippen LogP contribution in [0.5, 0.6) is 5.75 Å². The molecule has 0 spiro atoms. The average Bonchev–Trinajstić information content (AvgIpc) is 2.34. The minimum Gasteiger partial charge on any atom is -0.491 e. The van der Waals surface area contributed by atoms with Gasteiger partial charge in [0, 0.05) is 0 Å². The molecule has 0 bridgehead atoms. The minimum atomic E-state index is -0.805. The third kappa shape index (κ3) is 5.93. The molecule has 0 fully saturated rings. The van der Waals surface area contributed by atoms with E-state index in [1.54, 1.807) is 0 Å². The van der Waals surface area contributed by atoms with Gasteiger partial charge in [-0.2, -0.15) is 0 Å². The molecule has 0 saturated carbocycles. The van der Waals surface area contributed by atoms with E-state index in [1.165, 1.54) is 0 Å². The van der Waals surface area contributed by atoms with Crippen LogP contribution in [0.25, 0.3) is 0 Å². The largest absolute Gasteiger partial charge is 0.491 e. The van der Waals surface area contributed by atoms with Crippen molar-refractivity contribution in [1.82, 2.24) is 5.32 Å². The lowest BCUT2D eigenvalue weighted by molar-refractivity contribution is 0.0478. The van der Waals surface area contributed by atoms with Gasteiger partial charge in [-0.15, -0.1) is 0 Å². The van der Waals surface area contributed by atoms with Crippen molar-refractivity contribution in [2.24, 2.45) is 5.92 Å². The smallest absolute Gasteiger partial charge is 0.119 e. The van der Waals surface area contributed by atoms with Crippen LogP contribution in [0.2, 0.25) is 0 Å². The molecule has 0 aliphatic rings. The van der Waals surface area contributed by atoms with Crippen LogP contribution < -0.4 is 10.1 Å². The van der Waals surface area contributed by atoms with Crippen LogP contribution >= 0.6 is 0 Å². The van der Waals surface area contributed by atoms with E-state index >= 15 is 0 Å². The van der Waals surface area contributed by atoms with Gasteiger partial charge in [0.25, 0.3) is 0 Å². The van der Waals surface area contributed by atoms with Crippen molar-refractivity contribution in [2.75, 3.05) is 13.1 Å². The number of hydrogen-bond acceptors (Lipinski definition) is 3. The van der Waals surface area contributed by atoms with Crippen molar-refractivity contribution in [2.45, 2.75) is 52.7 Å². The van der Waals surface area contributed by atoms with Gasteiger partial charge in [-0.25, -0.2) is 0 Å². The highest BCUT2D eigenvalue weighted by Gasteiger charge is 2.22. The average molecular weight is 279 g/mol. The molecular formula is C17H29NO2. The molecule has 1 rings (SSSR count). The standard InChI is InChI=1S/C17H29NO2/c1-13(2)12-18-11-10-17(5,19)15-6-8-16(9-7-15)20-14(3)4/h6-9,13-14,18-19H,10-12H2,1-5H3. The van der Waals surface area contributed by atoms with Crippen LogP contribution in [0.1, 0.15) is 46.6 Å². The first-order valence-corrected chi connectivity index (χ1v) is 7.51. The zero-order valence-corrected chi connectivity index (χ0v) is 13.4. The van der Waals surface area contributed by atoms with Gasteiger partial charge in [0.2, 0.25) is 0 Å². The summed E-state index contributed by atoms with van der Waals surface area (Å²) in [5, 5.41) is 13.9. The van der Waals surface area contributed by atoms with Crippen molar-refractivity contribution in [3.63, 3.8) is 0 Å². The van der Waals surface area contributed by atoms with E-state index in [0.29, 0.717) is 12.3 Å². The normalized spacial score (nSPS) is 14.6. The van der Waals surface area contributed by atoms with Crippen LogP contribution in [-0.2, 0) is 5.60 Å². The molecule has 0 aromatic heterocycles. The minimum absolute atomic E-state index is 0.168. The summed E-state index contributed by atoms with van der Waals surface area (Å²) < 4.78 is 5.61. The highest BCUT2D eigenvalue weighted by molar-refractivity contribution is 5.30. The van der Waals surface area contributed by atoms with Crippen molar-refractivity contribution in [1.29, 1.82) is 0 Å². The zero-order valence-electron chi connectivity index (χ0n) is 13.4. The lowest BCUT2D eigenvalue weighted by Crippen LogP contribution is -2.29. The molecule has 20 heavy (non-hydrogen) atoms. The molecular weight excluding hydrogens is 250 g/mol. The van der Waals surface area contributed by atoms with E-state index in [-0.39, 0.29) is 6.10 Å². The summed E-state index contributed by atoms with van der Waals surface area (Å²) in [5.41, 5.74) is 0.125. The molecule has 3 nitrogen and oxygen atoms in total. The van der Waals surface area contributed by atoms with Crippen LogP contribution in [-0.4, -0.2) is 24.3 Å². The molecule has 0 saturated heterocycles. The van der Waals surface area contributed by atoms with Crippen LogP contribution in [0.15, 0.2) is 24.3 Å². The molecule has 0 aliphatic carbocycles. The quantitative estimate of drug-likeness (QED) is 0.717. The molecule has 0 aliphatic heterocycles. The van der Waals surface area contributed by atoms with Gasteiger partial charge < -0.3 is 15.2 Å². The molecule has 3 heteroatoms. The molecule has 0 amide bonds. The number of aliphatic hydroxyl groups is 1. The Balaban J connectivity index is 2.53. The third-order valence-corrected chi connectivity index (χ3v) is 3.19. The Kier molecular flexibility index (Phi) is 6.50. The predicted octanol–water partition coefficient (Wildman–Crippen LogP) is 3.32. The first-order chi connectivity index (χ1) is 9.31. The fourth-order valence-electron chi connectivity index (χ4n) is 2.03. The van der Waals surface area contributed by atoms with Gasteiger partial charge in [0.1, 0.15) is 5.75 Å². The molecule has 114 valence electrons. The van der Waals surface area contributed by atoms with E-state index in [0.717, 1.165) is 24.4 Å². The summed E-state index contributed by atoms with van der Waals surface area (Å²) in [4.78, 5) is 0. The van der Waals surface area contributed by atoms with E-state index in [4.69, 9.17) is 4.74 Å². The van der Waals surface area contributed by atoms with Gasteiger partial charge in [-0.05, 0) is 63.9 Å². The maximum Gasteiger partial charge on any atom is 0.119 e. The van der Waals surface area contributed by atoms with E-state index in [1.807, 2.05) is 45.0 Å². The number of benzene rings is 1. The second-order valence-electron chi connectivity index (χ2n) is 6.31. The molecule has 0 radical (unpaired) electrons. The van der Waals surface area contributed by atoms with Crippen molar-refractivity contribution in [3.8, 4) is 5.75 Å². The monoisotopic (exact) mass is 279 g/mol. The first kappa shape index (κ1) is 17.0. The molecule has 2 N–H and O–H groups in total. The Morgan fingerprint density at radius 3 is 2.25 bits per heavy atom. The Bertz CT molecular complexity index is 382. The maximum absolute atomic E-state index is 10.5. The molecule has 1 unspecified atom stereocenters. The first-order valence-electron chi connectivity index (χ1n) is 7.51. The Morgan fingerprint density at radius 2 is 1.75 bits per heavy atom. The van der Waals surface area contributed by atoms with Gasteiger partial charge >= 0.3 is 0 Å². The number of nitrogens with one attached hydrogen (secondary N) is 1. The predicted molar refractivity (Wildman–Crippen MR) is 84.1 cm³/mol. The van der Waals surface area contributed by atoms with Crippen molar-refractivity contribution < 1.29 is 9.84 Å². The maximum atomic E-state index is 10.5. The van der Waals surface area contributed by atoms with Gasteiger partial charge in [-0.3, -0.25) is 0 Å². The summed E-state index contributed by atoms with van der Waals surface area (Å²) >= 11 is 0. The molecule has 1 aromatic rings. The molecule has 1 atom stereocenters. The lowest BCUT2D eigenvalue weighted by Gasteiger charge is -2.24. The summed E-state index contributed by atoms with van der Waals surface area (Å²) in [5.74, 6) is 1.48. The topological polar surface area (TPSA) is 41.5 Å². The fraction of sp³-hybridized carbons (Fsp3) is 0.647. The van der Waals surface area contributed by atoms with Crippen molar-refractivity contribution in [3.05, 3.63) is 29.8 Å². The highest BCUT2D eigenvalue weighted by atomic mass is 16.5. The number of rotatable bonds is 8. The van der Waals surface area contributed by atoms with E-state index < -0.39 is 5.60 Å². The summed E-state index contributed by atoms with van der Waals surface area (Å²) in [7, 11) is 0. The Morgan fingerprint density at radius 1 is 1.15 bits per heavy atom. The number of hydrogen-bond donors (Lipinski definition) is 2. The highest BCUT2D eigenvalue weighted by Crippen LogP contribution is 2.26. The second kappa shape index (κ2) is 7.65. The Labute approximate surface area is 123 Å². The van der Waals surface area contributed by atoms with E-state index in [2.05, 4.69) is 19.2 Å². The van der Waals surface area contributed by atoms with Gasteiger partial charge in [0.05, 0.1) is 11.7 Å². The summed E-state index contributed by atoms with van der Waals surface area (Å²) in [6.07, 6.45) is 0.867. The number of ether oxygens (including phenoxy) is 1. The van der Waals surface area contributed by atoms with E-state index in [9.17, 15) is 5.11 Å². The lowest BCUT2D eigenvalue weighted by atomic mass is 9.92. The summed E-state index contributed by atoms with van der Waals surface area (Å²) in [6, 6.07) is 7.73. The van der Waals surface area contributed by atoms with Crippen LogP contribution in [0.4, 0.5) is 0 Å². The van der Waals surface area contributed by atoms with Crippen LogP contribution in [0, 0.1) is 5.92 Å². The molecule has 0 heterocycles.